The highest BCUT2D eigenvalue weighted by Crippen LogP contribution is 2.37. The summed E-state index contributed by atoms with van der Waals surface area (Å²) in [4.78, 5) is 18.8. The van der Waals surface area contributed by atoms with E-state index in [1.165, 1.54) is 5.56 Å². The fraction of sp³-hybridized carbons (Fsp3) is 0.571. The number of hydrogen-bond donors (Lipinski definition) is 0. The fourth-order valence-electron chi connectivity index (χ4n) is 4.27. The van der Waals surface area contributed by atoms with Gasteiger partial charge < -0.3 is 14.4 Å². The van der Waals surface area contributed by atoms with Crippen molar-refractivity contribution < 1.29 is 14.3 Å². The molecule has 0 radical (unpaired) electrons. The molecule has 1 unspecified atom stereocenters. The predicted octanol–water partition coefficient (Wildman–Crippen LogP) is 2.89. The lowest BCUT2D eigenvalue weighted by Gasteiger charge is -2.40. The molecule has 1 atom stereocenters. The molecule has 2 aromatic rings. The van der Waals surface area contributed by atoms with Gasteiger partial charge in [0.25, 0.3) is 0 Å². The summed E-state index contributed by atoms with van der Waals surface area (Å²) >= 11 is 0. The molecular formula is C21H28N4O3. The van der Waals surface area contributed by atoms with Crippen molar-refractivity contribution in [1.82, 2.24) is 19.7 Å². The maximum Gasteiger partial charge on any atom is 0.231 e. The van der Waals surface area contributed by atoms with Gasteiger partial charge in [-0.1, -0.05) is 13.0 Å². The molecule has 0 bridgehead atoms. The Balaban J connectivity index is 1.36. The van der Waals surface area contributed by atoms with Crippen LogP contribution in [0.5, 0.6) is 11.5 Å². The molecule has 2 aliphatic rings. The van der Waals surface area contributed by atoms with Gasteiger partial charge in [-0.2, -0.15) is 5.10 Å². The number of rotatable bonds is 6. The van der Waals surface area contributed by atoms with Gasteiger partial charge in [0.15, 0.2) is 11.5 Å². The van der Waals surface area contributed by atoms with Crippen LogP contribution in [-0.2, 0) is 17.8 Å². The van der Waals surface area contributed by atoms with Gasteiger partial charge in [0.1, 0.15) is 11.6 Å². The molecule has 7 nitrogen and oxygen atoms in total. The number of ether oxygens (including phenoxy) is 2. The van der Waals surface area contributed by atoms with Gasteiger partial charge >= 0.3 is 0 Å². The van der Waals surface area contributed by atoms with Gasteiger partial charge in [0, 0.05) is 26.1 Å². The number of fused-ring (bicyclic) bond motifs is 1. The minimum Gasteiger partial charge on any atom is -0.454 e. The SMILES string of the molecule is Cc1nc(C)n(CCCN2CC(C)(Cc3ccc4c(c3)OCO4)CCC2=O)n1. The number of aromatic nitrogens is 3. The third-order valence-electron chi connectivity index (χ3n) is 5.70. The van der Waals surface area contributed by atoms with Crippen LogP contribution < -0.4 is 9.47 Å². The van der Waals surface area contributed by atoms with Crippen molar-refractivity contribution in [3.63, 3.8) is 0 Å². The van der Waals surface area contributed by atoms with Crippen molar-refractivity contribution in [2.75, 3.05) is 19.9 Å². The van der Waals surface area contributed by atoms with Gasteiger partial charge in [0.05, 0.1) is 0 Å². The van der Waals surface area contributed by atoms with Crippen LogP contribution in [0.2, 0.25) is 0 Å². The Kier molecular flexibility index (Phi) is 5.00. The van der Waals surface area contributed by atoms with Crippen molar-refractivity contribution in [3.05, 3.63) is 35.4 Å². The van der Waals surface area contributed by atoms with Gasteiger partial charge in [-0.3, -0.25) is 9.48 Å². The van der Waals surface area contributed by atoms with Crippen LogP contribution >= 0.6 is 0 Å². The summed E-state index contributed by atoms with van der Waals surface area (Å²) in [7, 11) is 0. The Morgan fingerprint density at radius 2 is 2.00 bits per heavy atom. The van der Waals surface area contributed by atoms with Gasteiger partial charge in [0.2, 0.25) is 12.7 Å². The lowest BCUT2D eigenvalue weighted by molar-refractivity contribution is -0.137. The van der Waals surface area contributed by atoms with Crippen LogP contribution in [0.25, 0.3) is 0 Å². The van der Waals surface area contributed by atoms with E-state index in [-0.39, 0.29) is 11.3 Å². The third-order valence-corrected chi connectivity index (χ3v) is 5.70. The first kappa shape index (κ1) is 18.8. The molecule has 4 rings (SSSR count). The molecule has 0 aliphatic carbocycles. The van der Waals surface area contributed by atoms with E-state index in [9.17, 15) is 4.79 Å². The molecule has 0 N–H and O–H groups in total. The number of likely N-dealkylation sites (tertiary alicyclic amines) is 1. The number of benzene rings is 1. The van der Waals surface area contributed by atoms with E-state index in [0.29, 0.717) is 13.2 Å². The minimum atomic E-state index is 0.0708. The zero-order valence-corrected chi connectivity index (χ0v) is 16.9. The molecule has 1 fully saturated rings. The lowest BCUT2D eigenvalue weighted by Crippen LogP contribution is -2.46. The summed E-state index contributed by atoms with van der Waals surface area (Å²) in [6.07, 6.45) is 3.34. The number of hydrogen-bond acceptors (Lipinski definition) is 5. The minimum absolute atomic E-state index is 0.0708. The summed E-state index contributed by atoms with van der Waals surface area (Å²) < 4.78 is 12.8. The average Bonchev–Trinajstić information content (AvgIpc) is 3.23. The summed E-state index contributed by atoms with van der Waals surface area (Å²) in [5.74, 6) is 3.61. The van der Waals surface area contributed by atoms with Crippen LogP contribution in [0, 0.1) is 19.3 Å². The monoisotopic (exact) mass is 384 g/mol. The molecule has 1 aromatic carbocycles. The Hall–Kier alpha value is -2.57. The van der Waals surface area contributed by atoms with Gasteiger partial charge in [-0.05, 0) is 56.2 Å². The van der Waals surface area contributed by atoms with Gasteiger partial charge in [-0.25, -0.2) is 4.98 Å². The van der Waals surface area contributed by atoms with Crippen molar-refractivity contribution in [1.29, 1.82) is 0 Å². The Labute approximate surface area is 165 Å². The number of piperidine rings is 1. The van der Waals surface area contributed by atoms with E-state index in [0.717, 1.165) is 62.0 Å². The zero-order chi connectivity index (χ0) is 19.7. The molecule has 1 saturated heterocycles. The number of amides is 1. The summed E-state index contributed by atoms with van der Waals surface area (Å²) in [5, 5.41) is 4.40. The molecule has 1 aromatic heterocycles. The third kappa shape index (κ3) is 3.98. The zero-order valence-electron chi connectivity index (χ0n) is 16.9. The highest BCUT2D eigenvalue weighted by atomic mass is 16.7. The Morgan fingerprint density at radius 1 is 1.18 bits per heavy atom. The molecular weight excluding hydrogens is 356 g/mol. The van der Waals surface area contributed by atoms with Crippen LogP contribution in [0.15, 0.2) is 18.2 Å². The molecule has 1 amide bonds. The Bertz CT molecular complexity index is 879. The second kappa shape index (κ2) is 7.45. The number of carbonyl (C=O) groups is 1. The van der Waals surface area contributed by atoms with E-state index in [1.807, 2.05) is 29.5 Å². The first-order valence-corrected chi connectivity index (χ1v) is 9.96. The van der Waals surface area contributed by atoms with E-state index in [4.69, 9.17) is 9.47 Å². The van der Waals surface area contributed by atoms with Crippen LogP contribution in [-0.4, -0.2) is 45.5 Å². The van der Waals surface area contributed by atoms with Gasteiger partial charge in [-0.15, -0.1) is 0 Å². The Morgan fingerprint density at radius 3 is 2.79 bits per heavy atom. The summed E-state index contributed by atoms with van der Waals surface area (Å²) in [5.41, 5.74) is 1.30. The first-order valence-electron chi connectivity index (χ1n) is 9.96. The summed E-state index contributed by atoms with van der Waals surface area (Å²) in [6.45, 7) is 8.78. The molecule has 150 valence electrons. The molecule has 7 heteroatoms. The molecule has 2 aliphatic heterocycles. The van der Waals surface area contributed by atoms with E-state index in [1.54, 1.807) is 0 Å². The molecule has 0 saturated carbocycles. The standard InChI is InChI=1S/C21H28N4O3/c1-15-22-16(2)25(23-15)10-4-9-24-13-21(3,8-7-20(24)26)12-17-5-6-18-19(11-17)28-14-27-18/h5-6,11H,4,7-10,12-14H2,1-3H3. The number of aryl methyl sites for hydroxylation is 3. The topological polar surface area (TPSA) is 69.5 Å². The van der Waals surface area contributed by atoms with Crippen molar-refractivity contribution in [2.45, 2.75) is 53.0 Å². The molecule has 3 heterocycles. The lowest BCUT2D eigenvalue weighted by atomic mass is 9.76. The van der Waals surface area contributed by atoms with Crippen LogP contribution in [0.1, 0.15) is 43.4 Å². The predicted molar refractivity (Wildman–Crippen MR) is 104 cm³/mol. The molecule has 0 spiro atoms. The number of nitrogens with zero attached hydrogens (tertiary/aromatic N) is 4. The average molecular weight is 384 g/mol. The second-order valence-corrected chi connectivity index (χ2v) is 8.27. The fourth-order valence-corrected chi connectivity index (χ4v) is 4.27. The first-order chi connectivity index (χ1) is 13.4. The van der Waals surface area contributed by atoms with Crippen molar-refractivity contribution >= 4 is 5.91 Å². The van der Waals surface area contributed by atoms with Crippen molar-refractivity contribution in [3.8, 4) is 11.5 Å². The van der Waals surface area contributed by atoms with Crippen LogP contribution in [0.3, 0.4) is 0 Å². The highest BCUT2D eigenvalue weighted by molar-refractivity contribution is 5.77. The quantitative estimate of drug-likeness (QED) is 0.766. The van der Waals surface area contributed by atoms with E-state index >= 15 is 0 Å². The number of carbonyl (C=O) groups excluding carboxylic acids is 1. The van der Waals surface area contributed by atoms with Crippen molar-refractivity contribution in [2.24, 2.45) is 5.41 Å². The maximum atomic E-state index is 12.5. The second-order valence-electron chi connectivity index (χ2n) is 8.27. The van der Waals surface area contributed by atoms with E-state index in [2.05, 4.69) is 29.1 Å². The normalized spacial score (nSPS) is 21.4. The highest BCUT2D eigenvalue weighted by Gasteiger charge is 2.35. The molecule has 28 heavy (non-hydrogen) atoms. The summed E-state index contributed by atoms with van der Waals surface area (Å²) in [6, 6.07) is 6.16. The largest absolute Gasteiger partial charge is 0.454 e. The van der Waals surface area contributed by atoms with Crippen LogP contribution in [0.4, 0.5) is 0 Å². The van der Waals surface area contributed by atoms with E-state index < -0.39 is 0 Å². The smallest absolute Gasteiger partial charge is 0.231 e. The maximum absolute atomic E-state index is 12.5.